The third kappa shape index (κ3) is 2.25. The third-order valence-corrected chi connectivity index (χ3v) is 4.76. The van der Waals surface area contributed by atoms with Gasteiger partial charge in [-0.05, 0) is 25.3 Å². The molecule has 0 amide bonds. The monoisotopic (exact) mass is 270 g/mol. The molecule has 0 bridgehead atoms. The molecule has 15 heavy (non-hydrogen) atoms. The van der Waals surface area contributed by atoms with Gasteiger partial charge in [-0.15, -0.1) is 0 Å². The normalized spacial score (nSPS) is 31.3. The van der Waals surface area contributed by atoms with E-state index in [2.05, 4.69) is 47.1 Å². The Labute approximate surface area is 99.0 Å². The van der Waals surface area contributed by atoms with Crippen LogP contribution in [0.1, 0.15) is 24.5 Å². The predicted molar refractivity (Wildman–Crippen MR) is 65.2 cm³/mol. The van der Waals surface area contributed by atoms with Gasteiger partial charge >= 0.3 is 0 Å². The molecule has 1 aromatic rings. The Balaban J connectivity index is 2.03. The zero-order chi connectivity index (χ0) is 11.1. The molecule has 1 aromatic carbocycles. The average Bonchev–Trinajstić information content (AvgIpc) is 2.76. The second kappa shape index (κ2) is 3.89. The first kappa shape index (κ1) is 11.1. The summed E-state index contributed by atoms with van der Waals surface area (Å²) in [6.45, 7) is 4.11. The zero-order valence-electron chi connectivity index (χ0n) is 9.13. The Kier molecular flexibility index (Phi) is 2.89. The number of hydrogen-bond acceptors (Lipinski definition) is 0. The van der Waals surface area contributed by atoms with Crippen molar-refractivity contribution >= 4 is 15.9 Å². The highest BCUT2D eigenvalue weighted by atomic mass is 79.9. The van der Waals surface area contributed by atoms with Crippen LogP contribution in [-0.4, -0.2) is 11.0 Å². The number of aryl methyl sites for hydroxylation is 1. The van der Waals surface area contributed by atoms with Crippen molar-refractivity contribution in [2.75, 3.05) is 0 Å². The van der Waals surface area contributed by atoms with Gasteiger partial charge in [0.2, 0.25) is 0 Å². The Morgan fingerprint density at radius 3 is 2.80 bits per heavy atom. The molecule has 0 aromatic heterocycles. The van der Waals surface area contributed by atoms with Crippen molar-refractivity contribution in [2.24, 2.45) is 5.41 Å². The van der Waals surface area contributed by atoms with E-state index in [0.717, 1.165) is 6.42 Å². The highest BCUT2D eigenvalue weighted by Crippen LogP contribution is 2.54. The highest BCUT2D eigenvalue weighted by molar-refractivity contribution is 9.09. The molecule has 1 fully saturated rings. The Morgan fingerprint density at radius 2 is 2.27 bits per heavy atom. The van der Waals surface area contributed by atoms with Crippen molar-refractivity contribution in [3.8, 4) is 0 Å². The molecular formula is C13H16BrF. The largest absolute Gasteiger partial charge is 0.247 e. The number of halogens is 2. The molecule has 2 rings (SSSR count). The minimum Gasteiger partial charge on any atom is -0.247 e. The molecule has 0 saturated heterocycles. The molecule has 3 atom stereocenters. The van der Waals surface area contributed by atoms with E-state index in [1.807, 2.05) is 6.92 Å². The maximum atomic E-state index is 13.2. The van der Waals surface area contributed by atoms with Gasteiger partial charge < -0.3 is 0 Å². The van der Waals surface area contributed by atoms with Crippen molar-refractivity contribution in [2.45, 2.75) is 37.7 Å². The number of benzene rings is 1. The standard InChI is InChI=1S/C13H16BrF/c1-9-4-3-5-10(6-9)7-11(14)13(2)8-12(13)15/h3-6,11-12H,7-8H2,1-2H3. The van der Waals surface area contributed by atoms with Gasteiger partial charge in [-0.2, -0.15) is 0 Å². The molecule has 0 spiro atoms. The summed E-state index contributed by atoms with van der Waals surface area (Å²) in [5, 5.41) is 0. The lowest BCUT2D eigenvalue weighted by molar-refractivity contribution is 0.371. The molecule has 3 unspecified atom stereocenters. The van der Waals surface area contributed by atoms with E-state index in [0.29, 0.717) is 6.42 Å². The van der Waals surface area contributed by atoms with E-state index >= 15 is 0 Å². The van der Waals surface area contributed by atoms with Crippen LogP contribution in [0.25, 0.3) is 0 Å². The van der Waals surface area contributed by atoms with Crippen LogP contribution in [-0.2, 0) is 6.42 Å². The molecule has 0 N–H and O–H groups in total. The van der Waals surface area contributed by atoms with Gasteiger partial charge in [0.15, 0.2) is 0 Å². The summed E-state index contributed by atoms with van der Waals surface area (Å²) in [4.78, 5) is 0.252. The lowest BCUT2D eigenvalue weighted by atomic mass is 9.97. The van der Waals surface area contributed by atoms with Gasteiger partial charge in [0.25, 0.3) is 0 Å². The van der Waals surface area contributed by atoms with Crippen molar-refractivity contribution in [3.05, 3.63) is 35.4 Å². The lowest BCUT2D eigenvalue weighted by Crippen LogP contribution is -2.17. The fourth-order valence-corrected chi connectivity index (χ4v) is 2.78. The van der Waals surface area contributed by atoms with E-state index in [1.54, 1.807) is 0 Å². The topological polar surface area (TPSA) is 0 Å². The first-order chi connectivity index (χ1) is 7.02. The maximum Gasteiger partial charge on any atom is 0.107 e. The maximum absolute atomic E-state index is 13.2. The zero-order valence-corrected chi connectivity index (χ0v) is 10.7. The van der Waals surface area contributed by atoms with Crippen molar-refractivity contribution in [3.63, 3.8) is 0 Å². The molecule has 1 aliphatic rings. The third-order valence-electron chi connectivity index (χ3n) is 3.39. The van der Waals surface area contributed by atoms with Crippen molar-refractivity contribution < 1.29 is 4.39 Å². The quantitative estimate of drug-likeness (QED) is 0.727. The molecule has 0 aliphatic heterocycles. The summed E-state index contributed by atoms with van der Waals surface area (Å²) in [6, 6.07) is 8.43. The summed E-state index contributed by atoms with van der Waals surface area (Å²) in [5.74, 6) is 0. The van der Waals surface area contributed by atoms with Crippen LogP contribution in [0.2, 0.25) is 0 Å². The number of rotatable bonds is 3. The van der Waals surface area contributed by atoms with E-state index < -0.39 is 6.17 Å². The molecule has 0 radical (unpaired) electrons. The first-order valence-electron chi connectivity index (χ1n) is 5.36. The summed E-state index contributed by atoms with van der Waals surface area (Å²) in [7, 11) is 0. The van der Waals surface area contributed by atoms with Gasteiger partial charge in [-0.3, -0.25) is 0 Å². The fourth-order valence-electron chi connectivity index (χ4n) is 1.93. The van der Waals surface area contributed by atoms with Crippen molar-refractivity contribution in [1.29, 1.82) is 0 Å². The van der Waals surface area contributed by atoms with Crippen LogP contribution in [0, 0.1) is 12.3 Å². The van der Waals surface area contributed by atoms with Gasteiger partial charge in [-0.1, -0.05) is 52.7 Å². The average molecular weight is 271 g/mol. The Bertz CT molecular complexity index is 363. The summed E-state index contributed by atoms with van der Waals surface area (Å²) < 4.78 is 13.2. The van der Waals surface area contributed by atoms with Crippen molar-refractivity contribution in [1.82, 2.24) is 0 Å². The molecule has 2 heteroatoms. The van der Waals surface area contributed by atoms with Crippen LogP contribution in [0.4, 0.5) is 4.39 Å². The SMILES string of the molecule is Cc1cccc(CC(Br)C2(C)CC2F)c1. The van der Waals surface area contributed by atoms with Gasteiger partial charge in [-0.25, -0.2) is 4.39 Å². The number of hydrogen-bond donors (Lipinski definition) is 0. The first-order valence-corrected chi connectivity index (χ1v) is 6.27. The molecule has 0 heterocycles. The second-order valence-electron chi connectivity index (χ2n) is 4.84. The van der Waals surface area contributed by atoms with Crippen LogP contribution in [0.3, 0.4) is 0 Å². The minimum absolute atomic E-state index is 0.135. The van der Waals surface area contributed by atoms with E-state index in [-0.39, 0.29) is 10.2 Å². The number of alkyl halides is 2. The van der Waals surface area contributed by atoms with E-state index in [9.17, 15) is 4.39 Å². The van der Waals surface area contributed by atoms with Crippen LogP contribution >= 0.6 is 15.9 Å². The molecule has 1 saturated carbocycles. The van der Waals surface area contributed by atoms with Crippen LogP contribution in [0.5, 0.6) is 0 Å². The smallest absolute Gasteiger partial charge is 0.107 e. The molecule has 82 valence electrons. The summed E-state index contributed by atoms with van der Waals surface area (Å²) in [6.07, 6.45) is 1.000. The van der Waals surface area contributed by atoms with Gasteiger partial charge in [0, 0.05) is 10.2 Å². The minimum atomic E-state index is -0.619. The van der Waals surface area contributed by atoms with Crippen LogP contribution < -0.4 is 0 Å². The summed E-state index contributed by atoms with van der Waals surface area (Å²) in [5.41, 5.74) is 2.42. The molecule has 1 aliphatic carbocycles. The Hall–Kier alpha value is -0.370. The highest BCUT2D eigenvalue weighted by Gasteiger charge is 2.55. The second-order valence-corrected chi connectivity index (χ2v) is 5.94. The van der Waals surface area contributed by atoms with E-state index in [1.165, 1.54) is 11.1 Å². The van der Waals surface area contributed by atoms with Gasteiger partial charge in [0.05, 0.1) is 0 Å². The molecular weight excluding hydrogens is 255 g/mol. The molecule has 0 nitrogen and oxygen atoms in total. The van der Waals surface area contributed by atoms with E-state index in [4.69, 9.17) is 0 Å². The lowest BCUT2D eigenvalue weighted by Gasteiger charge is -2.17. The summed E-state index contributed by atoms with van der Waals surface area (Å²) >= 11 is 3.62. The predicted octanol–water partition coefficient (Wildman–Crippen LogP) is 4.05. The van der Waals surface area contributed by atoms with Gasteiger partial charge in [0.1, 0.15) is 6.17 Å². The fraction of sp³-hybridized carbons (Fsp3) is 0.538. The van der Waals surface area contributed by atoms with Crippen LogP contribution in [0.15, 0.2) is 24.3 Å². The Morgan fingerprint density at radius 1 is 1.60 bits per heavy atom.